The third-order valence-electron chi connectivity index (χ3n) is 10.6. The van der Waals surface area contributed by atoms with Crippen molar-refractivity contribution in [3.05, 3.63) is 105 Å². The van der Waals surface area contributed by atoms with E-state index in [1.807, 2.05) is 65.6 Å². The summed E-state index contributed by atoms with van der Waals surface area (Å²) in [6.45, 7) is 6.68. The van der Waals surface area contributed by atoms with Crippen LogP contribution in [-0.4, -0.2) is 81.9 Å². The highest BCUT2D eigenvalue weighted by Crippen LogP contribution is 2.43. The molecule has 2 amide bonds. The largest absolute Gasteiger partial charge is 0.481 e. The molecule has 1 unspecified atom stereocenters. The number of hydrogen-bond donors (Lipinski definition) is 2. The number of nitrogens with one attached hydrogen (secondary N) is 2. The van der Waals surface area contributed by atoms with Gasteiger partial charge in [0.2, 0.25) is 17.7 Å². The van der Waals surface area contributed by atoms with E-state index in [2.05, 4.69) is 20.5 Å². The molecule has 2 aromatic carbocycles. The summed E-state index contributed by atoms with van der Waals surface area (Å²) in [6.07, 6.45) is 4.81. The Hall–Kier alpha value is -4.81. The molecule has 5 aromatic rings. The van der Waals surface area contributed by atoms with Gasteiger partial charge in [0.15, 0.2) is 0 Å². The smallest absolute Gasteiger partial charge is 0.262 e. The number of rotatable bonds is 10. The quantitative estimate of drug-likeness (QED) is 0.194. The maximum absolute atomic E-state index is 13.5. The lowest BCUT2D eigenvalue weighted by molar-refractivity contribution is -0.157. The second-order valence-corrected chi connectivity index (χ2v) is 15.1. The average Bonchev–Trinajstić information content (AvgIpc) is 3.54. The van der Waals surface area contributed by atoms with Crippen molar-refractivity contribution in [2.75, 3.05) is 39.8 Å². The number of aromatic nitrogens is 3. The van der Waals surface area contributed by atoms with Crippen LogP contribution in [-0.2, 0) is 22.7 Å². The molecule has 1 atom stereocenters. The first-order valence-corrected chi connectivity index (χ1v) is 18.5. The average molecular weight is 753 g/mol. The number of carbonyl (C=O) groups excluding carboxylic acids is 2. The van der Waals surface area contributed by atoms with Gasteiger partial charge in [0, 0.05) is 111 Å². The molecule has 0 bridgehead atoms. The lowest BCUT2D eigenvalue weighted by Gasteiger charge is -2.60. The van der Waals surface area contributed by atoms with Gasteiger partial charge in [0.25, 0.3) is 5.56 Å². The predicted molar refractivity (Wildman–Crippen MR) is 205 cm³/mol. The molecule has 3 saturated heterocycles. The summed E-state index contributed by atoms with van der Waals surface area (Å²) < 4.78 is 7.23. The zero-order valence-corrected chi connectivity index (χ0v) is 31.0. The highest BCUT2D eigenvalue weighted by Gasteiger charge is 2.52. The van der Waals surface area contributed by atoms with Crippen molar-refractivity contribution in [3.8, 4) is 39.4 Å². The number of fused-ring (bicyclic) bond motifs is 1. The van der Waals surface area contributed by atoms with Gasteiger partial charge in [-0.25, -0.2) is 9.97 Å². The lowest BCUT2D eigenvalue weighted by Crippen LogP contribution is -2.72. The van der Waals surface area contributed by atoms with Crippen LogP contribution in [0.25, 0.3) is 39.2 Å². The van der Waals surface area contributed by atoms with E-state index in [-0.39, 0.29) is 28.8 Å². The van der Waals surface area contributed by atoms with E-state index >= 15 is 0 Å². The monoisotopic (exact) mass is 751 g/mol. The molecule has 53 heavy (non-hydrogen) atoms. The SMILES string of the molecule is COc1nc(-c2cccc(-c3cccc(-c4ccn5c(=O)c(CN6CC7(C6)CN(C(C)=O)C7)cnc5c4)c3Cl)c2Cl)ccc1CNCC1CCC(=O)N1. The van der Waals surface area contributed by atoms with Crippen molar-refractivity contribution in [2.24, 2.45) is 5.41 Å². The molecule has 3 aliphatic heterocycles. The second-order valence-electron chi connectivity index (χ2n) is 14.4. The van der Waals surface area contributed by atoms with Gasteiger partial charge in [-0.1, -0.05) is 65.7 Å². The molecule has 6 heterocycles. The molecule has 1 spiro atoms. The van der Waals surface area contributed by atoms with Gasteiger partial charge in [-0.15, -0.1) is 0 Å². The first kappa shape index (κ1) is 35.2. The Balaban J connectivity index is 1.00. The molecule has 272 valence electrons. The Bertz CT molecular complexity index is 2320. The molecular weight excluding hydrogens is 713 g/mol. The van der Waals surface area contributed by atoms with Crippen LogP contribution in [0.1, 0.15) is 30.9 Å². The third kappa shape index (κ3) is 6.78. The molecule has 0 aliphatic carbocycles. The molecule has 2 N–H and O–H groups in total. The Morgan fingerprint density at radius 2 is 1.68 bits per heavy atom. The summed E-state index contributed by atoms with van der Waals surface area (Å²) in [6, 6.07) is 19.4. The highest BCUT2D eigenvalue weighted by atomic mass is 35.5. The van der Waals surface area contributed by atoms with Crippen LogP contribution < -0.4 is 20.9 Å². The van der Waals surface area contributed by atoms with E-state index in [1.54, 1.807) is 30.8 Å². The minimum Gasteiger partial charge on any atom is -0.481 e. The number of carbonyl (C=O) groups is 2. The third-order valence-corrected chi connectivity index (χ3v) is 11.4. The van der Waals surface area contributed by atoms with Gasteiger partial charge in [0.1, 0.15) is 5.65 Å². The maximum atomic E-state index is 13.5. The van der Waals surface area contributed by atoms with E-state index in [0.717, 1.165) is 66.0 Å². The van der Waals surface area contributed by atoms with Crippen molar-refractivity contribution >= 4 is 40.7 Å². The van der Waals surface area contributed by atoms with E-state index in [4.69, 9.17) is 32.9 Å². The zero-order chi connectivity index (χ0) is 36.9. The molecule has 13 heteroatoms. The number of halogens is 2. The molecule has 3 fully saturated rings. The van der Waals surface area contributed by atoms with Gasteiger partial charge in [-0.05, 0) is 30.2 Å². The second kappa shape index (κ2) is 14.2. The molecule has 3 aliphatic rings. The number of hydrogen-bond acceptors (Lipinski definition) is 8. The topological polar surface area (TPSA) is 121 Å². The normalized spacial score (nSPS) is 17.8. The van der Waals surface area contributed by atoms with Crippen molar-refractivity contribution in [2.45, 2.75) is 38.9 Å². The van der Waals surface area contributed by atoms with Gasteiger partial charge in [-0.3, -0.25) is 23.7 Å². The predicted octanol–water partition coefficient (Wildman–Crippen LogP) is 5.44. The van der Waals surface area contributed by atoms with Crippen LogP contribution in [0.2, 0.25) is 10.0 Å². The lowest BCUT2D eigenvalue weighted by atomic mass is 9.72. The first-order valence-electron chi connectivity index (χ1n) is 17.7. The summed E-state index contributed by atoms with van der Waals surface area (Å²) in [5, 5.41) is 7.39. The van der Waals surface area contributed by atoms with E-state index < -0.39 is 0 Å². The molecular formula is C40H39Cl2N7O4. The summed E-state index contributed by atoms with van der Waals surface area (Å²) in [5.41, 5.74) is 6.65. The number of ether oxygens (including phenoxy) is 1. The van der Waals surface area contributed by atoms with Gasteiger partial charge in [0.05, 0.1) is 28.4 Å². The van der Waals surface area contributed by atoms with E-state index in [1.165, 1.54) is 0 Å². The molecule has 11 nitrogen and oxygen atoms in total. The van der Waals surface area contributed by atoms with Crippen molar-refractivity contribution < 1.29 is 14.3 Å². The standard InChI is InChI=1S/C40H39Cl2N7O4/c1-24(50)48-22-40(23-48)20-47(21-40)19-27-17-44-34-15-25(13-14-49(34)39(27)52)29-5-3-6-30(36(29)41)31-7-4-8-32(37(31)42)33-11-9-26(38(46-33)53-2)16-43-18-28-10-12-35(51)45-28/h3-9,11,13-15,17,28,43H,10,12,16,18-23H2,1-2H3,(H,45,51). The summed E-state index contributed by atoms with van der Waals surface area (Å²) >= 11 is 14.2. The van der Waals surface area contributed by atoms with Gasteiger partial charge < -0.3 is 20.3 Å². The minimum atomic E-state index is -0.0986. The zero-order valence-electron chi connectivity index (χ0n) is 29.5. The number of likely N-dealkylation sites (tertiary alicyclic amines) is 2. The van der Waals surface area contributed by atoms with Crippen LogP contribution in [0.5, 0.6) is 5.88 Å². The Labute approximate surface area is 316 Å². The summed E-state index contributed by atoms with van der Waals surface area (Å²) in [4.78, 5) is 50.2. The number of benzene rings is 2. The van der Waals surface area contributed by atoms with E-state index in [9.17, 15) is 14.4 Å². The summed E-state index contributed by atoms with van der Waals surface area (Å²) in [7, 11) is 1.59. The fourth-order valence-electron chi connectivity index (χ4n) is 7.87. The highest BCUT2D eigenvalue weighted by molar-refractivity contribution is 6.39. The van der Waals surface area contributed by atoms with Crippen LogP contribution in [0, 0.1) is 5.41 Å². The Morgan fingerprint density at radius 3 is 2.38 bits per heavy atom. The first-order chi connectivity index (χ1) is 25.6. The molecule has 0 radical (unpaired) electrons. The Kier molecular flexibility index (Phi) is 9.44. The number of nitrogens with zero attached hydrogens (tertiary/aromatic N) is 5. The van der Waals surface area contributed by atoms with Gasteiger partial charge in [-0.2, -0.15) is 0 Å². The minimum absolute atomic E-state index is 0.0939. The van der Waals surface area contributed by atoms with Crippen LogP contribution in [0.15, 0.2) is 77.9 Å². The molecule has 8 rings (SSSR count). The number of methoxy groups -OCH3 is 1. The van der Waals surface area contributed by atoms with Crippen LogP contribution >= 0.6 is 23.2 Å². The number of pyridine rings is 2. The van der Waals surface area contributed by atoms with Gasteiger partial charge >= 0.3 is 0 Å². The molecule has 3 aromatic heterocycles. The number of amides is 2. The van der Waals surface area contributed by atoms with Crippen LogP contribution in [0.3, 0.4) is 0 Å². The van der Waals surface area contributed by atoms with E-state index in [0.29, 0.717) is 58.9 Å². The molecule has 0 saturated carbocycles. The fourth-order valence-corrected chi connectivity index (χ4v) is 8.53. The maximum Gasteiger partial charge on any atom is 0.262 e. The van der Waals surface area contributed by atoms with Crippen molar-refractivity contribution in [1.29, 1.82) is 0 Å². The van der Waals surface area contributed by atoms with Crippen molar-refractivity contribution in [1.82, 2.24) is 34.8 Å². The van der Waals surface area contributed by atoms with Crippen LogP contribution in [0.4, 0.5) is 0 Å². The fraction of sp³-hybridized carbons (Fsp3) is 0.325. The van der Waals surface area contributed by atoms with Crippen molar-refractivity contribution in [3.63, 3.8) is 0 Å². The summed E-state index contributed by atoms with van der Waals surface area (Å²) in [5.74, 6) is 0.705. The Morgan fingerprint density at radius 1 is 0.962 bits per heavy atom.